The Hall–Kier alpha value is -1.55. The molecule has 5 heteroatoms. The molecule has 2 aromatic rings. The Kier molecular flexibility index (Phi) is 2.36. The number of rotatable bonds is 1. The van der Waals surface area contributed by atoms with E-state index in [0.29, 0.717) is 16.5 Å². The van der Waals surface area contributed by atoms with Crippen LogP contribution >= 0.6 is 11.6 Å². The van der Waals surface area contributed by atoms with Crippen LogP contribution in [0, 0.1) is 6.92 Å². The molecule has 0 spiro atoms. The molecule has 1 aromatic carbocycles. The molecule has 2 rings (SSSR count). The van der Waals surface area contributed by atoms with Crippen LogP contribution in [0.25, 0.3) is 11.4 Å². The highest BCUT2D eigenvalue weighted by Gasteiger charge is 2.10. The minimum Gasteiger partial charge on any atom is -0.399 e. The van der Waals surface area contributed by atoms with Crippen LogP contribution in [0.3, 0.4) is 0 Å². The average Bonchev–Trinajstić information content (AvgIpc) is 2.50. The molecule has 0 saturated carbocycles. The number of hydrogen-bond donors (Lipinski definition) is 1. The molecule has 0 saturated heterocycles. The van der Waals surface area contributed by atoms with E-state index >= 15 is 0 Å². The molecule has 0 aliphatic heterocycles. The summed E-state index contributed by atoms with van der Waals surface area (Å²) < 4.78 is 1.69. The number of nitrogen functional groups attached to an aromatic ring is 1. The Labute approximate surface area is 92.7 Å². The van der Waals surface area contributed by atoms with Gasteiger partial charge in [0.2, 0.25) is 0 Å². The van der Waals surface area contributed by atoms with Gasteiger partial charge < -0.3 is 5.73 Å². The smallest absolute Gasteiger partial charge is 0.159 e. The molecule has 1 heterocycles. The van der Waals surface area contributed by atoms with Crippen LogP contribution in [-0.2, 0) is 7.05 Å². The van der Waals surface area contributed by atoms with Crippen molar-refractivity contribution in [1.82, 2.24) is 14.8 Å². The first-order chi connectivity index (χ1) is 7.08. The highest BCUT2D eigenvalue weighted by molar-refractivity contribution is 6.33. The SMILES string of the molecule is Cc1nc(-c2cc(N)ccc2Cl)n(C)n1. The van der Waals surface area contributed by atoms with Crippen LogP contribution in [0.1, 0.15) is 5.82 Å². The van der Waals surface area contributed by atoms with E-state index in [1.807, 2.05) is 14.0 Å². The van der Waals surface area contributed by atoms with Gasteiger partial charge >= 0.3 is 0 Å². The predicted octanol–water partition coefficient (Wildman–Crippen LogP) is 2.03. The fourth-order valence-electron chi connectivity index (χ4n) is 1.46. The van der Waals surface area contributed by atoms with Gasteiger partial charge in [-0.15, -0.1) is 0 Å². The molecule has 4 nitrogen and oxygen atoms in total. The molecule has 0 aliphatic rings. The summed E-state index contributed by atoms with van der Waals surface area (Å²) >= 11 is 6.08. The summed E-state index contributed by atoms with van der Waals surface area (Å²) in [5.41, 5.74) is 7.17. The molecule has 0 unspecified atom stereocenters. The van der Waals surface area contributed by atoms with E-state index in [1.54, 1.807) is 22.9 Å². The zero-order valence-corrected chi connectivity index (χ0v) is 9.28. The maximum Gasteiger partial charge on any atom is 0.159 e. The van der Waals surface area contributed by atoms with Gasteiger partial charge in [0.25, 0.3) is 0 Å². The number of nitrogens with two attached hydrogens (primary N) is 1. The van der Waals surface area contributed by atoms with Crippen LogP contribution < -0.4 is 5.73 Å². The normalized spacial score (nSPS) is 10.6. The maximum absolute atomic E-state index is 6.08. The van der Waals surface area contributed by atoms with Crippen molar-refractivity contribution in [3.8, 4) is 11.4 Å². The summed E-state index contributed by atoms with van der Waals surface area (Å²) in [4.78, 5) is 4.29. The fourth-order valence-corrected chi connectivity index (χ4v) is 1.66. The predicted molar refractivity (Wildman–Crippen MR) is 60.6 cm³/mol. The van der Waals surface area contributed by atoms with Crippen molar-refractivity contribution in [2.75, 3.05) is 5.73 Å². The summed E-state index contributed by atoms with van der Waals surface area (Å²) in [5, 5.41) is 4.79. The monoisotopic (exact) mass is 222 g/mol. The van der Waals surface area contributed by atoms with Gasteiger partial charge in [-0.2, -0.15) is 5.10 Å². The van der Waals surface area contributed by atoms with Crippen molar-refractivity contribution in [2.45, 2.75) is 6.92 Å². The minimum atomic E-state index is 0.625. The Morgan fingerprint density at radius 2 is 2.13 bits per heavy atom. The maximum atomic E-state index is 6.08. The summed E-state index contributed by atoms with van der Waals surface area (Å²) in [7, 11) is 1.83. The van der Waals surface area contributed by atoms with Gasteiger partial charge in [0.15, 0.2) is 5.82 Å². The first kappa shape index (κ1) is 9.98. The Morgan fingerprint density at radius 1 is 1.40 bits per heavy atom. The van der Waals surface area contributed by atoms with Gasteiger partial charge in [-0.3, -0.25) is 0 Å². The van der Waals surface area contributed by atoms with Crippen molar-refractivity contribution in [2.24, 2.45) is 7.05 Å². The van der Waals surface area contributed by atoms with E-state index in [2.05, 4.69) is 10.1 Å². The van der Waals surface area contributed by atoms with Crippen LogP contribution in [-0.4, -0.2) is 14.8 Å². The van der Waals surface area contributed by atoms with Crippen molar-refractivity contribution in [3.63, 3.8) is 0 Å². The molecular formula is C10H11ClN4. The number of aromatic nitrogens is 3. The van der Waals surface area contributed by atoms with Gasteiger partial charge in [0.05, 0.1) is 5.02 Å². The van der Waals surface area contributed by atoms with Crippen LogP contribution in [0.4, 0.5) is 5.69 Å². The van der Waals surface area contributed by atoms with Gasteiger partial charge in [0.1, 0.15) is 5.82 Å². The second-order valence-electron chi connectivity index (χ2n) is 3.35. The minimum absolute atomic E-state index is 0.625. The zero-order valence-electron chi connectivity index (χ0n) is 8.53. The van der Waals surface area contributed by atoms with Crippen molar-refractivity contribution >= 4 is 17.3 Å². The van der Waals surface area contributed by atoms with E-state index in [-0.39, 0.29) is 0 Å². The van der Waals surface area contributed by atoms with Gasteiger partial charge in [0, 0.05) is 18.3 Å². The number of benzene rings is 1. The quantitative estimate of drug-likeness (QED) is 0.752. The molecule has 0 fully saturated rings. The molecule has 0 radical (unpaired) electrons. The summed E-state index contributed by atoms with van der Waals surface area (Å²) in [6.45, 7) is 1.84. The average molecular weight is 223 g/mol. The lowest BCUT2D eigenvalue weighted by Crippen LogP contribution is -1.96. The molecule has 0 amide bonds. The lowest BCUT2D eigenvalue weighted by atomic mass is 10.2. The summed E-state index contributed by atoms with van der Waals surface area (Å²) in [6.07, 6.45) is 0. The molecular weight excluding hydrogens is 212 g/mol. The van der Waals surface area contributed by atoms with E-state index in [4.69, 9.17) is 17.3 Å². The molecule has 78 valence electrons. The number of aryl methyl sites for hydroxylation is 2. The highest BCUT2D eigenvalue weighted by atomic mass is 35.5. The third kappa shape index (κ3) is 1.80. The van der Waals surface area contributed by atoms with Crippen molar-refractivity contribution < 1.29 is 0 Å². The zero-order chi connectivity index (χ0) is 11.0. The molecule has 0 bridgehead atoms. The largest absolute Gasteiger partial charge is 0.399 e. The number of anilines is 1. The second kappa shape index (κ2) is 3.55. The van der Waals surface area contributed by atoms with Gasteiger partial charge in [-0.05, 0) is 25.1 Å². The van der Waals surface area contributed by atoms with Crippen LogP contribution in [0.15, 0.2) is 18.2 Å². The third-order valence-corrected chi connectivity index (χ3v) is 2.43. The fraction of sp³-hybridized carbons (Fsp3) is 0.200. The first-order valence-electron chi connectivity index (χ1n) is 4.51. The topological polar surface area (TPSA) is 56.7 Å². The van der Waals surface area contributed by atoms with Crippen LogP contribution in [0.2, 0.25) is 5.02 Å². The summed E-state index contributed by atoms with van der Waals surface area (Å²) in [5.74, 6) is 1.44. The third-order valence-electron chi connectivity index (χ3n) is 2.10. The lowest BCUT2D eigenvalue weighted by Gasteiger charge is -2.03. The molecule has 1 aromatic heterocycles. The molecule has 15 heavy (non-hydrogen) atoms. The number of hydrogen-bond acceptors (Lipinski definition) is 3. The van der Waals surface area contributed by atoms with E-state index in [1.165, 1.54) is 0 Å². The Balaban J connectivity index is 2.62. The van der Waals surface area contributed by atoms with Crippen molar-refractivity contribution in [3.05, 3.63) is 29.0 Å². The van der Waals surface area contributed by atoms with E-state index < -0.39 is 0 Å². The Morgan fingerprint density at radius 3 is 2.73 bits per heavy atom. The first-order valence-corrected chi connectivity index (χ1v) is 4.89. The van der Waals surface area contributed by atoms with Gasteiger partial charge in [-0.25, -0.2) is 9.67 Å². The lowest BCUT2D eigenvalue weighted by molar-refractivity contribution is 0.764. The van der Waals surface area contributed by atoms with E-state index in [0.717, 1.165) is 11.4 Å². The van der Waals surface area contributed by atoms with Crippen LogP contribution in [0.5, 0.6) is 0 Å². The summed E-state index contributed by atoms with van der Waals surface area (Å²) in [6, 6.07) is 5.32. The second-order valence-corrected chi connectivity index (χ2v) is 3.75. The standard InChI is InChI=1S/C10H11ClN4/c1-6-13-10(15(2)14-6)8-5-7(12)3-4-9(8)11/h3-5H,12H2,1-2H3. The molecule has 2 N–H and O–H groups in total. The molecule has 0 aliphatic carbocycles. The van der Waals surface area contributed by atoms with Gasteiger partial charge in [-0.1, -0.05) is 11.6 Å². The van der Waals surface area contributed by atoms with E-state index in [9.17, 15) is 0 Å². The highest BCUT2D eigenvalue weighted by Crippen LogP contribution is 2.27. The number of nitrogens with zero attached hydrogens (tertiary/aromatic N) is 3. The number of halogens is 1. The molecule has 0 atom stereocenters. The van der Waals surface area contributed by atoms with Crippen molar-refractivity contribution in [1.29, 1.82) is 0 Å². The Bertz CT molecular complexity index is 504.